The third-order valence-corrected chi connectivity index (χ3v) is 9.37. The van der Waals surface area contributed by atoms with Crippen LogP contribution in [0.4, 0.5) is 0 Å². The number of esters is 3. The number of unbranched alkanes of at least 4 members (excludes halogenated alkanes) is 15. The van der Waals surface area contributed by atoms with Gasteiger partial charge in [-0.1, -0.05) is 194 Å². The van der Waals surface area contributed by atoms with E-state index in [9.17, 15) is 14.4 Å². The van der Waals surface area contributed by atoms with Crippen LogP contribution in [0.1, 0.15) is 188 Å². The summed E-state index contributed by atoms with van der Waals surface area (Å²) in [5.41, 5.74) is 0. The van der Waals surface area contributed by atoms with E-state index in [1.165, 1.54) is 77.0 Å². The summed E-state index contributed by atoms with van der Waals surface area (Å²) in [6, 6.07) is 0. The molecule has 0 aromatic rings. The van der Waals surface area contributed by atoms with Gasteiger partial charge in [-0.25, -0.2) is 0 Å². The zero-order valence-electron chi connectivity index (χ0n) is 37.7. The highest BCUT2D eigenvalue weighted by molar-refractivity contribution is 5.71. The Balaban J connectivity index is 4.53. The van der Waals surface area contributed by atoms with E-state index in [0.29, 0.717) is 19.3 Å². The van der Waals surface area contributed by atoms with Gasteiger partial charge in [0.1, 0.15) is 13.2 Å². The monoisotopic (exact) mass is 817 g/mol. The van der Waals surface area contributed by atoms with E-state index in [1.54, 1.807) is 0 Å². The molecule has 6 heteroatoms. The number of carbonyl (C=O) groups excluding carboxylic acids is 3. The molecule has 0 fully saturated rings. The van der Waals surface area contributed by atoms with Gasteiger partial charge in [-0.15, -0.1) is 0 Å². The average molecular weight is 817 g/mol. The molecule has 0 saturated heterocycles. The summed E-state index contributed by atoms with van der Waals surface area (Å²) in [5.74, 6) is -1.07. The molecule has 0 rings (SSSR count). The fraction of sp³-hybridized carbons (Fsp3) is 0.604. The summed E-state index contributed by atoms with van der Waals surface area (Å²) in [6.07, 6.45) is 62.4. The first-order valence-electron chi connectivity index (χ1n) is 23.5. The molecule has 0 radical (unpaired) electrons. The molecule has 1 atom stereocenters. The molecule has 0 heterocycles. The Morgan fingerprint density at radius 1 is 0.373 bits per heavy atom. The molecule has 0 aliphatic heterocycles. The van der Waals surface area contributed by atoms with Gasteiger partial charge in [0.25, 0.3) is 0 Å². The van der Waals surface area contributed by atoms with Gasteiger partial charge < -0.3 is 14.2 Å². The van der Waals surface area contributed by atoms with Crippen LogP contribution in [-0.2, 0) is 28.6 Å². The van der Waals surface area contributed by atoms with Crippen LogP contribution in [-0.4, -0.2) is 37.2 Å². The highest BCUT2D eigenvalue weighted by Crippen LogP contribution is 2.12. The minimum atomic E-state index is -0.837. The molecule has 332 valence electrons. The minimum absolute atomic E-state index is 0.127. The highest BCUT2D eigenvalue weighted by Gasteiger charge is 2.19. The van der Waals surface area contributed by atoms with Gasteiger partial charge in [0.2, 0.25) is 0 Å². The van der Waals surface area contributed by atoms with Crippen molar-refractivity contribution in [2.24, 2.45) is 0 Å². The second kappa shape index (κ2) is 46.8. The number of allylic oxidation sites excluding steroid dienone is 18. The van der Waals surface area contributed by atoms with Crippen molar-refractivity contribution in [2.45, 2.75) is 194 Å². The lowest BCUT2D eigenvalue weighted by atomic mass is 10.1. The Labute approximate surface area is 361 Å². The van der Waals surface area contributed by atoms with Gasteiger partial charge in [-0.3, -0.25) is 14.4 Å². The molecule has 0 aliphatic carbocycles. The van der Waals surface area contributed by atoms with Crippen LogP contribution in [0.5, 0.6) is 0 Å². The summed E-state index contributed by atoms with van der Waals surface area (Å²) in [4.78, 5) is 37.7. The molecule has 0 amide bonds. The smallest absolute Gasteiger partial charge is 0.306 e. The molecular formula is C53H84O6. The zero-order chi connectivity index (χ0) is 43.0. The van der Waals surface area contributed by atoms with Crippen molar-refractivity contribution < 1.29 is 28.6 Å². The molecule has 59 heavy (non-hydrogen) atoms. The molecule has 1 unspecified atom stereocenters. The second-order valence-electron chi connectivity index (χ2n) is 15.0. The number of hydrogen-bond donors (Lipinski definition) is 0. The molecule has 0 bridgehead atoms. The zero-order valence-corrected chi connectivity index (χ0v) is 37.7. The SMILES string of the molecule is CC\C=C/C=C\C=C/C=C\C=C/CCCC(=O)OC(COC(=O)CCC/C=C\C/C=C\C/C=C\CC)COC(=O)CCCCCCCCC/C=C\CCCCCCCC. The molecule has 0 aromatic heterocycles. The Kier molecular flexibility index (Phi) is 43.6. The van der Waals surface area contributed by atoms with Crippen LogP contribution in [0.3, 0.4) is 0 Å². The number of rotatable bonds is 40. The van der Waals surface area contributed by atoms with Crippen molar-refractivity contribution >= 4 is 17.9 Å². The lowest BCUT2D eigenvalue weighted by Crippen LogP contribution is -2.30. The molecule has 0 N–H and O–H groups in total. The summed E-state index contributed by atoms with van der Waals surface area (Å²) >= 11 is 0. The molecule has 0 spiro atoms. The van der Waals surface area contributed by atoms with Gasteiger partial charge in [-0.2, -0.15) is 0 Å². The Hall–Kier alpha value is -3.93. The largest absolute Gasteiger partial charge is 0.462 e. The third kappa shape index (κ3) is 45.0. The maximum absolute atomic E-state index is 12.7. The molecule has 6 nitrogen and oxygen atoms in total. The third-order valence-electron chi connectivity index (χ3n) is 9.37. The number of carbonyl (C=O) groups is 3. The van der Waals surface area contributed by atoms with Crippen LogP contribution in [0.15, 0.2) is 109 Å². The maximum atomic E-state index is 12.7. The predicted molar refractivity (Wildman–Crippen MR) is 251 cm³/mol. The van der Waals surface area contributed by atoms with Gasteiger partial charge in [0.15, 0.2) is 6.10 Å². The molecule has 0 aliphatic rings. The Morgan fingerprint density at radius 3 is 1.32 bits per heavy atom. The van der Waals surface area contributed by atoms with Crippen LogP contribution in [0.25, 0.3) is 0 Å². The summed E-state index contributed by atoms with van der Waals surface area (Å²) in [5, 5.41) is 0. The van der Waals surface area contributed by atoms with E-state index in [2.05, 4.69) is 75.5 Å². The standard InChI is InChI=1S/C53H84O6/c1-4-7-10-13-16-19-22-24-25-26-27-29-31-34-37-40-43-46-52(55)58-49-50(48-57-51(54)45-42-39-36-33-30-21-18-15-12-9-6-3)59-53(56)47-44-41-38-35-32-28-23-20-17-14-11-8-5-2/h8-9,11-12,14,17-18,20-21,23-25,28,32-33,35-36,38,50H,4-7,10,13,15-16,19,22,26-27,29-31,34,37,39-49H2,1-3H3/b11-8-,12-9-,17-14-,21-18-,23-20-,25-24-,32-28-,36-33-,38-35-. The van der Waals surface area contributed by atoms with Gasteiger partial charge in [-0.05, 0) is 83.5 Å². The molecular weight excluding hydrogens is 733 g/mol. The molecule has 0 saturated carbocycles. The lowest BCUT2D eigenvalue weighted by molar-refractivity contribution is -0.167. The first kappa shape index (κ1) is 55.1. The average Bonchev–Trinajstić information content (AvgIpc) is 3.23. The quantitative estimate of drug-likeness (QED) is 0.0201. The van der Waals surface area contributed by atoms with Crippen LogP contribution in [0.2, 0.25) is 0 Å². The highest BCUT2D eigenvalue weighted by atomic mass is 16.6. The van der Waals surface area contributed by atoms with E-state index < -0.39 is 12.1 Å². The van der Waals surface area contributed by atoms with Crippen molar-refractivity contribution in [3.05, 3.63) is 109 Å². The topological polar surface area (TPSA) is 78.9 Å². The lowest BCUT2D eigenvalue weighted by Gasteiger charge is -2.18. The summed E-state index contributed by atoms with van der Waals surface area (Å²) in [7, 11) is 0. The normalized spacial score (nSPS) is 13.1. The summed E-state index contributed by atoms with van der Waals surface area (Å²) < 4.78 is 16.6. The second-order valence-corrected chi connectivity index (χ2v) is 15.0. The van der Waals surface area contributed by atoms with Crippen molar-refractivity contribution in [1.29, 1.82) is 0 Å². The van der Waals surface area contributed by atoms with E-state index in [-0.39, 0.29) is 38.0 Å². The van der Waals surface area contributed by atoms with Gasteiger partial charge >= 0.3 is 17.9 Å². The van der Waals surface area contributed by atoms with E-state index in [0.717, 1.165) is 57.8 Å². The van der Waals surface area contributed by atoms with Crippen LogP contribution in [0, 0.1) is 0 Å². The molecule has 0 aromatic carbocycles. The minimum Gasteiger partial charge on any atom is -0.462 e. The summed E-state index contributed by atoms with van der Waals surface area (Å²) in [6.45, 7) is 6.23. The maximum Gasteiger partial charge on any atom is 0.306 e. The fourth-order valence-corrected chi connectivity index (χ4v) is 5.90. The fourth-order valence-electron chi connectivity index (χ4n) is 5.90. The Bertz CT molecular complexity index is 1260. The van der Waals surface area contributed by atoms with Gasteiger partial charge in [0.05, 0.1) is 0 Å². The van der Waals surface area contributed by atoms with Crippen molar-refractivity contribution in [3.63, 3.8) is 0 Å². The van der Waals surface area contributed by atoms with Crippen molar-refractivity contribution in [3.8, 4) is 0 Å². The predicted octanol–water partition coefficient (Wildman–Crippen LogP) is 15.2. The van der Waals surface area contributed by atoms with E-state index >= 15 is 0 Å². The number of ether oxygens (including phenoxy) is 3. The Morgan fingerprint density at radius 2 is 0.763 bits per heavy atom. The van der Waals surface area contributed by atoms with Crippen LogP contribution >= 0.6 is 0 Å². The van der Waals surface area contributed by atoms with E-state index in [4.69, 9.17) is 14.2 Å². The van der Waals surface area contributed by atoms with Crippen LogP contribution < -0.4 is 0 Å². The van der Waals surface area contributed by atoms with Crippen molar-refractivity contribution in [1.82, 2.24) is 0 Å². The first-order chi connectivity index (χ1) is 29.0. The van der Waals surface area contributed by atoms with E-state index in [1.807, 2.05) is 54.7 Å². The van der Waals surface area contributed by atoms with Gasteiger partial charge in [0, 0.05) is 19.3 Å². The van der Waals surface area contributed by atoms with Crippen molar-refractivity contribution in [2.75, 3.05) is 13.2 Å². The number of hydrogen-bond acceptors (Lipinski definition) is 6. The first-order valence-corrected chi connectivity index (χ1v) is 23.5.